The molecule has 2 aromatic carbocycles. The predicted octanol–water partition coefficient (Wildman–Crippen LogP) is 4.61. The lowest BCUT2D eigenvalue weighted by atomic mass is 9.91. The Morgan fingerprint density at radius 2 is 1.76 bits per heavy atom. The zero-order valence-corrected chi connectivity index (χ0v) is 15.0. The number of hydrogen-bond acceptors (Lipinski definition) is 5. The largest absolute Gasteiger partial charge is 0.493 e. The van der Waals surface area contributed by atoms with Crippen molar-refractivity contribution in [3.8, 4) is 17.6 Å². The number of ether oxygens (including phenoxy) is 2. The second-order valence-corrected chi connectivity index (χ2v) is 6.07. The highest BCUT2D eigenvalue weighted by Crippen LogP contribution is 2.37. The van der Waals surface area contributed by atoms with Gasteiger partial charge in [0.1, 0.15) is 0 Å². The minimum absolute atomic E-state index is 0.394. The predicted molar refractivity (Wildman–Crippen MR) is 96.6 cm³/mol. The number of benzene rings is 2. The Morgan fingerprint density at radius 3 is 2.40 bits per heavy atom. The summed E-state index contributed by atoms with van der Waals surface area (Å²) < 4.78 is 10.7. The molecule has 0 fully saturated rings. The molecule has 5 nitrogen and oxygen atoms in total. The number of aromatic nitrogens is 2. The molecule has 3 rings (SSSR count). The van der Waals surface area contributed by atoms with Crippen molar-refractivity contribution in [1.82, 2.24) is 10.2 Å². The van der Waals surface area contributed by atoms with Gasteiger partial charge >= 0.3 is 0 Å². The van der Waals surface area contributed by atoms with Gasteiger partial charge in [-0.25, -0.2) is 0 Å². The molecule has 1 unspecified atom stereocenters. The van der Waals surface area contributed by atoms with Crippen molar-refractivity contribution in [3.63, 3.8) is 0 Å². The molecular weight excluding hydrogens is 361 g/mol. The van der Waals surface area contributed by atoms with Crippen molar-refractivity contribution in [2.75, 3.05) is 14.2 Å². The fourth-order valence-electron chi connectivity index (χ4n) is 2.65. The second kappa shape index (κ2) is 7.14. The van der Waals surface area contributed by atoms with Gasteiger partial charge in [-0.2, -0.15) is 15.5 Å². The van der Waals surface area contributed by atoms with E-state index in [-0.39, 0.29) is 0 Å². The molecule has 0 aliphatic rings. The molecule has 0 aliphatic carbocycles. The van der Waals surface area contributed by atoms with Crippen molar-refractivity contribution >= 4 is 34.1 Å². The Labute approximate surface area is 154 Å². The maximum Gasteiger partial charge on any atom is 0.162 e. The summed E-state index contributed by atoms with van der Waals surface area (Å²) in [5.74, 6) is 0.519. The molecule has 0 aliphatic heterocycles. The number of methoxy groups -OCH3 is 2. The summed E-state index contributed by atoms with van der Waals surface area (Å²) in [5.41, 5.74) is 2.03. The van der Waals surface area contributed by atoms with Crippen molar-refractivity contribution < 1.29 is 9.47 Å². The summed E-state index contributed by atoms with van der Waals surface area (Å²) in [6.45, 7) is 0. The van der Waals surface area contributed by atoms with Gasteiger partial charge in [-0.3, -0.25) is 0 Å². The van der Waals surface area contributed by atoms with E-state index in [1.54, 1.807) is 50.7 Å². The molecule has 0 N–H and O–H groups in total. The normalized spacial score (nSPS) is 11.8. The van der Waals surface area contributed by atoms with Crippen LogP contribution in [-0.4, -0.2) is 24.4 Å². The van der Waals surface area contributed by atoms with Crippen molar-refractivity contribution in [3.05, 3.63) is 57.7 Å². The van der Waals surface area contributed by atoms with Gasteiger partial charge in [0, 0.05) is 17.0 Å². The molecule has 126 valence electrons. The summed E-state index contributed by atoms with van der Waals surface area (Å²) >= 11 is 12.1. The second-order valence-electron chi connectivity index (χ2n) is 5.26. The fraction of sp³-hybridized carbons (Fsp3) is 0.167. The van der Waals surface area contributed by atoms with Gasteiger partial charge < -0.3 is 9.47 Å². The standard InChI is InChI=1S/C18H13Cl2N3O2/c1-24-17-6-11-13(9-22-23-16(11)7-18(17)25-2)12(8-21)10-3-4-14(19)15(20)5-10/h3-7,9,12H,1-2H3. The number of nitriles is 1. The van der Waals surface area contributed by atoms with Gasteiger partial charge in [0.2, 0.25) is 0 Å². The number of rotatable bonds is 4. The van der Waals surface area contributed by atoms with Crippen LogP contribution in [0.25, 0.3) is 10.9 Å². The summed E-state index contributed by atoms with van der Waals surface area (Å²) in [5, 5.41) is 19.5. The van der Waals surface area contributed by atoms with E-state index in [0.29, 0.717) is 32.6 Å². The Hall–Kier alpha value is -2.55. The molecule has 3 aromatic rings. The third-order valence-electron chi connectivity index (χ3n) is 3.89. The highest BCUT2D eigenvalue weighted by atomic mass is 35.5. The van der Waals surface area contributed by atoms with E-state index in [1.807, 2.05) is 0 Å². The van der Waals surface area contributed by atoms with Crippen LogP contribution in [0.15, 0.2) is 36.5 Å². The van der Waals surface area contributed by atoms with Gasteiger partial charge in [0.25, 0.3) is 0 Å². The minimum atomic E-state index is -0.578. The van der Waals surface area contributed by atoms with E-state index in [9.17, 15) is 5.26 Å². The first kappa shape index (κ1) is 17.3. The highest BCUT2D eigenvalue weighted by Gasteiger charge is 2.20. The van der Waals surface area contributed by atoms with Gasteiger partial charge in [-0.15, -0.1) is 0 Å². The topological polar surface area (TPSA) is 68.0 Å². The Kier molecular flexibility index (Phi) is 4.93. The first-order chi connectivity index (χ1) is 12.1. The molecule has 7 heteroatoms. The monoisotopic (exact) mass is 373 g/mol. The van der Waals surface area contributed by atoms with Crippen LogP contribution in [0.2, 0.25) is 10.0 Å². The van der Waals surface area contributed by atoms with Crippen LogP contribution >= 0.6 is 23.2 Å². The SMILES string of the molecule is COc1cc2nncc(C(C#N)c3ccc(Cl)c(Cl)c3)c2cc1OC. The van der Waals surface area contributed by atoms with Crippen LogP contribution in [0.5, 0.6) is 11.5 Å². The molecule has 0 saturated carbocycles. The Bertz CT molecular complexity index is 986. The third kappa shape index (κ3) is 3.19. The zero-order valence-electron chi connectivity index (χ0n) is 13.5. The Balaban J connectivity index is 2.22. The smallest absolute Gasteiger partial charge is 0.162 e. The van der Waals surface area contributed by atoms with Crippen LogP contribution < -0.4 is 9.47 Å². The maximum atomic E-state index is 9.75. The van der Waals surface area contributed by atoms with E-state index in [0.717, 1.165) is 10.9 Å². The lowest BCUT2D eigenvalue weighted by Crippen LogP contribution is -2.02. The van der Waals surface area contributed by atoms with Crippen LogP contribution in [-0.2, 0) is 0 Å². The molecule has 0 radical (unpaired) electrons. The van der Waals surface area contributed by atoms with E-state index in [4.69, 9.17) is 32.7 Å². The van der Waals surface area contributed by atoms with Gasteiger partial charge in [-0.1, -0.05) is 29.3 Å². The maximum absolute atomic E-state index is 9.75. The number of nitrogens with zero attached hydrogens (tertiary/aromatic N) is 3. The number of hydrogen-bond donors (Lipinski definition) is 0. The quantitative estimate of drug-likeness (QED) is 0.667. The van der Waals surface area contributed by atoms with Crippen LogP contribution in [0, 0.1) is 11.3 Å². The first-order valence-corrected chi connectivity index (χ1v) is 8.06. The van der Waals surface area contributed by atoms with Gasteiger partial charge in [0.15, 0.2) is 11.5 Å². The molecule has 1 atom stereocenters. The fourth-order valence-corrected chi connectivity index (χ4v) is 2.96. The van der Waals surface area contributed by atoms with E-state index >= 15 is 0 Å². The molecule has 0 amide bonds. The Morgan fingerprint density at radius 1 is 1.04 bits per heavy atom. The average Bonchev–Trinajstić information content (AvgIpc) is 2.64. The van der Waals surface area contributed by atoms with Crippen molar-refractivity contribution in [2.45, 2.75) is 5.92 Å². The number of fused-ring (bicyclic) bond motifs is 1. The van der Waals surface area contributed by atoms with Gasteiger partial charge in [-0.05, 0) is 23.8 Å². The third-order valence-corrected chi connectivity index (χ3v) is 4.63. The first-order valence-electron chi connectivity index (χ1n) is 7.31. The van der Waals surface area contributed by atoms with Crippen LogP contribution in [0.4, 0.5) is 0 Å². The molecule has 0 saturated heterocycles. The number of halogens is 2. The molecular formula is C18H13Cl2N3O2. The minimum Gasteiger partial charge on any atom is -0.493 e. The lowest BCUT2D eigenvalue weighted by molar-refractivity contribution is 0.355. The molecule has 25 heavy (non-hydrogen) atoms. The van der Waals surface area contributed by atoms with Crippen molar-refractivity contribution in [2.24, 2.45) is 0 Å². The summed E-state index contributed by atoms with van der Waals surface area (Å²) in [4.78, 5) is 0. The summed E-state index contributed by atoms with van der Waals surface area (Å²) in [6.07, 6.45) is 1.57. The molecule has 0 spiro atoms. The highest BCUT2D eigenvalue weighted by molar-refractivity contribution is 6.42. The summed E-state index contributed by atoms with van der Waals surface area (Å²) in [6, 6.07) is 10.9. The van der Waals surface area contributed by atoms with Gasteiger partial charge in [0.05, 0.1) is 48.0 Å². The molecule has 1 heterocycles. The zero-order chi connectivity index (χ0) is 18.0. The van der Waals surface area contributed by atoms with E-state index < -0.39 is 5.92 Å². The van der Waals surface area contributed by atoms with Crippen molar-refractivity contribution in [1.29, 1.82) is 5.26 Å². The van der Waals surface area contributed by atoms with E-state index in [2.05, 4.69) is 16.3 Å². The summed E-state index contributed by atoms with van der Waals surface area (Å²) in [7, 11) is 3.10. The van der Waals surface area contributed by atoms with Crippen LogP contribution in [0.3, 0.4) is 0 Å². The molecule has 1 aromatic heterocycles. The van der Waals surface area contributed by atoms with E-state index in [1.165, 1.54) is 0 Å². The lowest BCUT2D eigenvalue weighted by Gasteiger charge is -2.14. The molecule has 0 bridgehead atoms. The average molecular weight is 374 g/mol. The van der Waals surface area contributed by atoms with Crippen LogP contribution in [0.1, 0.15) is 17.0 Å².